The Bertz CT molecular complexity index is 334. The van der Waals surface area contributed by atoms with Crippen molar-refractivity contribution >= 4 is 0 Å². The van der Waals surface area contributed by atoms with Crippen LogP contribution in [0.1, 0.15) is 12.5 Å². The summed E-state index contributed by atoms with van der Waals surface area (Å²) in [6.07, 6.45) is 0.981. The van der Waals surface area contributed by atoms with Crippen molar-refractivity contribution in [2.45, 2.75) is 19.4 Å². The van der Waals surface area contributed by atoms with Gasteiger partial charge in [-0.2, -0.15) is 0 Å². The van der Waals surface area contributed by atoms with Crippen molar-refractivity contribution in [1.29, 1.82) is 0 Å². The minimum absolute atomic E-state index is 0.353. The van der Waals surface area contributed by atoms with E-state index >= 15 is 0 Å². The Kier molecular flexibility index (Phi) is 3.80. The molecular weight excluding hydrogens is 202 g/mol. The lowest BCUT2D eigenvalue weighted by Crippen LogP contribution is -2.43. The third-order valence-electron chi connectivity index (χ3n) is 3.11. The average Bonchev–Trinajstić information content (AvgIpc) is 2.30. The largest absolute Gasteiger partial charge is 0.508 e. The van der Waals surface area contributed by atoms with Crippen LogP contribution in [0.25, 0.3) is 0 Å². The fourth-order valence-electron chi connectivity index (χ4n) is 2.17. The van der Waals surface area contributed by atoms with Crippen molar-refractivity contribution in [3.05, 3.63) is 29.8 Å². The van der Waals surface area contributed by atoms with E-state index in [0.717, 1.165) is 32.7 Å². The molecule has 0 spiro atoms. The Morgan fingerprint density at radius 2 is 2.12 bits per heavy atom. The molecule has 1 unspecified atom stereocenters. The summed E-state index contributed by atoms with van der Waals surface area (Å²) in [5.41, 5.74) is 1.19. The van der Waals surface area contributed by atoms with Gasteiger partial charge in [-0.05, 0) is 31.0 Å². The molecule has 1 N–H and O–H groups in total. The van der Waals surface area contributed by atoms with Crippen molar-refractivity contribution in [3.63, 3.8) is 0 Å². The van der Waals surface area contributed by atoms with Gasteiger partial charge in [-0.3, -0.25) is 4.90 Å². The van der Waals surface area contributed by atoms with E-state index in [9.17, 15) is 5.11 Å². The normalized spacial score (nSPS) is 19.6. The number of phenolic OH excluding ortho intramolecular Hbond substituents is 1. The van der Waals surface area contributed by atoms with Crippen LogP contribution in [0.15, 0.2) is 24.3 Å². The number of ether oxygens (including phenoxy) is 1. The van der Waals surface area contributed by atoms with E-state index in [0.29, 0.717) is 11.8 Å². The number of hydrogen-bond donors (Lipinski definition) is 1. The molecule has 1 atom stereocenters. The van der Waals surface area contributed by atoms with Crippen LogP contribution in [0.4, 0.5) is 0 Å². The molecule has 0 aromatic heterocycles. The maximum Gasteiger partial charge on any atom is 0.115 e. The first-order valence-electron chi connectivity index (χ1n) is 5.85. The molecule has 0 aliphatic carbocycles. The second-order valence-electron chi connectivity index (χ2n) is 4.37. The topological polar surface area (TPSA) is 32.7 Å². The molecule has 1 fully saturated rings. The van der Waals surface area contributed by atoms with Crippen molar-refractivity contribution in [3.8, 4) is 5.75 Å². The van der Waals surface area contributed by atoms with Gasteiger partial charge < -0.3 is 9.84 Å². The first kappa shape index (κ1) is 11.4. The lowest BCUT2D eigenvalue weighted by atomic mass is 10.1. The third kappa shape index (κ3) is 2.97. The monoisotopic (exact) mass is 221 g/mol. The fraction of sp³-hybridized carbons (Fsp3) is 0.538. The summed E-state index contributed by atoms with van der Waals surface area (Å²) < 4.78 is 5.34. The molecular formula is C13H19NO2. The van der Waals surface area contributed by atoms with Gasteiger partial charge in [0.2, 0.25) is 0 Å². The minimum atomic E-state index is 0.353. The maximum atomic E-state index is 9.40. The number of phenols is 1. The molecule has 1 saturated heterocycles. The smallest absolute Gasteiger partial charge is 0.115 e. The molecule has 1 aliphatic heterocycles. The molecule has 0 amide bonds. The predicted molar refractivity (Wildman–Crippen MR) is 63.7 cm³/mol. The minimum Gasteiger partial charge on any atom is -0.508 e. The quantitative estimate of drug-likeness (QED) is 0.842. The molecule has 2 rings (SSSR count). The zero-order chi connectivity index (χ0) is 11.4. The molecule has 0 bridgehead atoms. The van der Waals surface area contributed by atoms with Crippen LogP contribution in [0, 0.1) is 0 Å². The van der Waals surface area contributed by atoms with E-state index in [1.54, 1.807) is 6.07 Å². The van der Waals surface area contributed by atoms with Gasteiger partial charge in [0.1, 0.15) is 5.75 Å². The van der Waals surface area contributed by atoms with Gasteiger partial charge in [0.05, 0.1) is 13.2 Å². The van der Waals surface area contributed by atoms with Gasteiger partial charge in [-0.15, -0.1) is 0 Å². The molecule has 88 valence electrons. The number of nitrogens with zero attached hydrogens (tertiary/aromatic N) is 1. The van der Waals surface area contributed by atoms with Gasteiger partial charge in [-0.1, -0.05) is 12.1 Å². The van der Waals surface area contributed by atoms with Crippen LogP contribution < -0.4 is 0 Å². The van der Waals surface area contributed by atoms with E-state index in [1.807, 2.05) is 12.1 Å². The highest BCUT2D eigenvalue weighted by Gasteiger charge is 2.17. The van der Waals surface area contributed by atoms with Crippen LogP contribution in [0.5, 0.6) is 5.75 Å². The number of benzene rings is 1. The molecule has 3 heteroatoms. The Morgan fingerprint density at radius 1 is 1.38 bits per heavy atom. The molecule has 0 saturated carbocycles. The number of rotatable bonds is 3. The Balaban J connectivity index is 1.93. The van der Waals surface area contributed by atoms with E-state index in [2.05, 4.69) is 17.9 Å². The highest BCUT2D eigenvalue weighted by atomic mass is 16.5. The Hall–Kier alpha value is -1.06. The highest BCUT2D eigenvalue weighted by Crippen LogP contribution is 2.15. The lowest BCUT2D eigenvalue weighted by molar-refractivity contribution is 0.0203. The summed E-state index contributed by atoms with van der Waals surface area (Å²) in [4.78, 5) is 2.44. The van der Waals surface area contributed by atoms with Crippen LogP contribution in [-0.4, -0.2) is 42.4 Å². The molecule has 1 aromatic rings. The SMILES string of the molecule is CC(Cc1cccc(O)c1)N1CCOCC1. The van der Waals surface area contributed by atoms with Gasteiger partial charge in [0.25, 0.3) is 0 Å². The predicted octanol–water partition coefficient (Wildman–Crippen LogP) is 1.66. The van der Waals surface area contributed by atoms with Gasteiger partial charge >= 0.3 is 0 Å². The van der Waals surface area contributed by atoms with Crippen LogP contribution >= 0.6 is 0 Å². The Morgan fingerprint density at radius 3 is 2.81 bits per heavy atom. The van der Waals surface area contributed by atoms with Gasteiger partial charge in [0.15, 0.2) is 0 Å². The first-order valence-corrected chi connectivity index (χ1v) is 5.85. The molecule has 16 heavy (non-hydrogen) atoms. The van der Waals surface area contributed by atoms with Gasteiger partial charge in [0, 0.05) is 19.1 Å². The van der Waals surface area contributed by atoms with Crippen molar-refractivity contribution in [2.24, 2.45) is 0 Å². The van der Waals surface area contributed by atoms with E-state index < -0.39 is 0 Å². The molecule has 0 radical (unpaired) electrons. The maximum absolute atomic E-state index is 9.40. The van der Waals surface area contributed by atoms with E-state index in [4.69, 9.17) is 4.74 Å². The van der Waals surface area contributed by atoms with Gasteiger partial charge in [-0.25, -0.2) is 0 Å². The summed E-state index contributed by atoms with van der Waals surface area (Å²) in [5.74, 6) is 0.353. The van der Waals surface area contributed by atoms with Crippen LogP contribution in [0.2, 0.25) is 0 Å². The first-order chi connectivity index (χ1) is 7.75. The Labute approximate surface area is 96.6 Å². The van der Waals surface area contributed by atoms with E-state index in [-0.39, 0.29) is 0 Å². The van der Waals surface area contributed by atoms with Crippen molar-refractivity contribution in [2.75, 3.05) is 26.3 Å². The lowest BCUT2D eigenvalue weighted by Gasteiger charge is -2.32. The summed E-state index contributed by atoms with van der Waals surface area (Å²) in [6, 6.07) is 8.03. The van der Waals surface area contributed by atoms with Crippen LogP contribution in [0.3, 0.4) is 0 Å². The number of hydrogen-bond acceptors (Lipinski definition) is 3. The third-order valence-corrected chi connectivity index (χ3v) is 3.11. The zero-order valence-corrected chi connectivity index (χ0v) is 9.72. The number of aromatic hydroxyl groups is 1. The standard InChI is InChI=1S/C13H19NO2/c1-11(14-5-7-16-8-6-14)9-12-3-2-4-13(15)10-12/h2-4,10-11,15H,5-9H2,1H3. The average molecular weight is 221 g/mol. The second kappa shape index (κ2) is 5.32. The second-order valence-corrected chi connectivity index (χ2v) is 4.37. The summed E-state index contributed by atoms with van der Waals surface area (Å²) in [6.45, 7) is 5.93. The van der Waals surface area contributed by atoms with Crippen molar-refractivity contribution < 1.29 is 9.84 Å². The zero-order valence-electron chi connectivity index (χ0n) is 9.72. The summed E-state index contributed by atoms with van der Waals surface area (Å²) >= 11 is 0. The molecule has 1 aromatic carbocycles. The molecule has 3 nitrogen and oxygen atoms in total. The molecule has 1 heterocycles. The van der Waals surface area contributed by atoms with Crippen molar-refractivity contribution in [1.82, 2.24) is 4.90 Å². The highest BCUT2D eigenvalue weighted by molar-refractivity contribution is 5.27. The summed E-state index contributed by atoms with van der Waals surface area (Å²) in [5, 5.41) is 9.40. The molecule has 1 aliphatic rings. The van der Waals surface area contributed by atoms with E-state index in [1.165, 1.54) is 5.56 Å². The fourth-order valence-corrected chi connectivity index (χ4v) is 2.17. The summed E-state index contributed by atoms with van der Waals surface area (Å²) in [7, 11) is 0. The van der Waals surface area contributed by atoms with Crippen LogP contribution in [-0.2, 0) is 11.2 Å². The number of morpholine rings is 1.